The largest absolute Gasteiger partial charge is 0.507 e. The molecule has 7 atom stereocenters. The van der Waals surface area contributed by atoms with Crippen molar-refractivity contribution in [2.75, 3.05) is 20.7 Å². The molecular weight excluding hydrogens is 534 g/mol. The molecule has 5 N–H and O–H groups in total. The number of aliphatic hydroxyl groups is 3. The van der Waals surface area contributed by atoms with E-state index in [1.165, 1.54) is 12.1 Å². The molecule has 6 rings (SSSR count). The molecule has 1 unspecified atom stereocenters. The topological polar surface area (TPSA) is 166 Å². The molecule has 1 saturated heterocycles. The second kappa shape index (κ2) is 9.22. The minimum Gasteiger partial charge on any atom is -0.507 e. The van der Waals surface area contributed by atoms with E-state index in [9.17, 15) is 35.1 Å². The Hall–Kier alpha value is -3.06. The maximum atomic E-state index is 14.2. The van der Waals surface area contributed by atoms with Crippen LogP contribution in [0.2, 0.25) is 0 Å². The number of ketones is 2. The summed E-state index contributed by atoms with van der Waals surface area (Å²) >= 11 is 0. The summed E-state index contributed by atoms with van der Waals surface area (Å²) < 4.78 is 17.9. The maximum absolute atomic E-state index is 14.2. The summed E-state index contributed by atoms with van der Waals surface area (Å²) in [6, 6.07) is 1.93. The van der Waals surface area contributed by atoms with Crippen molar-refractivity contribution in [3.8, 4) is 17.2 Å². The lowest BCUT2D eigenvalue weighted by Crippen LogP contribution is -2.68. The minimum atomic E-state index is -1.50. The first-order chi connectivity index (χ1) is 19.2. The highest BCUT2D eigenvalue weighted by Crippen LogP contribution is 2.54. The number of rotatable bonds is 4. The van der Waals surface area contributed by atoms with Gasteiger partial charge in [0.05, 0.1) is 34.4 Å². The van der Waals surface area contributed by atoms with Crippen LogP contribution in [0, 0.1) is 0 Å². The summed E-state index contributed by atoms with van der Waals surface area (Å²) in [7, 11) is 3.38. The van der Waals surface area contributed by atoms with Gasteiger partial charge in [0.25, 0.3) is 0 Å². The fourth-order valence-electron chi connectivity index (χ4n) is 6.96. The van der Waals surface area contributed by atoms with Gasteiger partial charge in [0.2, 0.25) is 12.1 Å². The third kappa shape index (κ3) is 3.87. The molecular formula is C30H35NO10. The fraction of sp³-hybridized carbons (Fsp3) is 0.533. The molecule has 2 bridgehead atoms. The molecule has 2 aromatic carbocycles. The van der Waals surface area contributed by atoms with Crippen molar-refractivity contribution >= 4 is 11.6 Å². The van der Waals surface area contributed by atoms with Crippen LogP contribution in [0.25, 0.3) is 0 Å². The first kappa shape index (κ1) is 28.1. The van der Waals surface area contributed by atoms with Crippen molar-refractivity contribution in [1.29, 1.82) is 0 Å². The number of fused-ring (bicyclic) bond motifs is 8. The number of phenols is 2. The van der Waals surface area contributed by atoms with E-state index in [1.807, 2.05) is 6.92 Å². The zero-order valence-corrected chi connectivity index (χ0v) is 23.6. The summed E-state index contributed by atoms with van der Waals surface area (Å²) in [5, 5.41) is 55.9. The standard InChI is InChI=1S/C30H35NO10/c1-6-7-39-16-11-29(2,38)10-12-8-13-18(23(34)17(12)16)24(35)19-15(32)9-14-26(20(19)22(13)33)40-28-25(36)21(31(4)5)27(37)30(14,3)41-28/h8-9,16,21,25,27-28,32,34,36-38H,6-7,10-11H2,1-5H3/t16-,21+,25-,27+,28-,29?,30-/m0/s1. The first-order valence-corrected chi connectivity index (χ1v) is 13.8. The van der Waals surface area contributed by atoms with Gasteiger partial charge in [0, 0.05) is 36.1 Å². The van der Waals surface area contributed by atoms with E-state index in [1.54, 1.807) is 32.8 Å². The van der Waals surface area contributed by atoms with E-state index in [-0.39, 0.29) is 46.4 Å². The number of benzene rings is 2. The van der Waals surface area contributed by atoms with E-state index >= 15 is 0 Å². The van der Waals surface area contributed by atoms with E-state index in [0.29, 0.717) is 24.2 Å². The predicted molar refractivity (Wildman–Crippen MR) is 143 cm³/mol. The molecule has 11 heteroatoms. The van der Waals surface area contributed by atoms with Crippen LogP contribution in [0.1, 0.15) is 88.3 Å². The normalized spacial score (nSPS) is 33.5. The highest BCUT2D eigenvalue weighted by Gasteiger charge is 2.59. The van der Waals surface area contributed by atoms with Crippen molar-refractivity contribution in [2.45, 2.75) is 81.9 Å². The fourth-order valence-corrected chi connectivity index (χ4v) is 6.96. The average molecular weight is 570 g/mol. The number of hydrogen-bond donors (Lipinski definition) is 5. The summed E-state index contributed by atoms with van der Waals surface area (Å²) in [4.78, 5) is 29.8. The van der Waals surface area contributed by atoms with Crippen LogP contribution in [0.3, 0.4) is 0 Å². The Balaban J connectivity index is 1.55. The van der Waals surface area contributed by atoms with Gasteiger partial charge in [0.15, 0.2) is 5.78 Å². The second-order valence-corrected chi connectivity index (χ2v) is 12.2. The second-order valence-electron chi connectivity index (χ2n) is 12.2. The molecule has 0 aromatic heterocycles. The van der Waals surface area contributed by atoms with Crippen LogP contribution >= 0.6 is 0 Å². The van der Waals surface area contributed by atoms with E-state index < -0.39 is 64.9 Å². The molecule has 2 aliphatic carbocycles. The molecule has 0 saturated carbocycles. The van der Waals surface area contributed by atoms with Gasteiger partial charge in [-0.2, -0.15) is 0 Å². The zero-order valence-electron chi connectivity index (χ0n) is 23.6. The van der Waals surface area contributed by atoms with Crippen LogP contribution in [0.5, 0.6) is 17.2 Å². The van der Waals surface area contributed by atoms with Crippen molar-refractivity contribution in [1.82, 2.24) is 4.90 Å². The number of phenolic OH excluding ortho intramolecular Hbond substituents is 2. The lowest BCUT2D eigenvalue weighted by molar-refractivity contribution is -0.311. The zero-order chi connectivity index (χ0) is 29.8. The summed E-state index contributed by atoms with van der Waals surface area (Å²) in [6.07, 6.45) is -3.55. The smallest absolute Gasteiger partial charge is 0.228 e. The molecule has 220 valence electrons. The lowest BCUT2D eigenvalue weighted by atomic mass is 9.72. The van der Waals surface area contributed by atoms with Gasteiger partial charge in [-0.1, -0.05) is 6.92 Å². The maximum Gasteiger partial charge on any atom is 0.228 e. The first-order valence-electron chi connectivity index (χ1n) is 13.8. The van der Waals surface area contributed by atoms with Crippen LogP contribution < -0.4 is 4.74 Å². The third-order valence-corrected chi connectivity index (χ3v) is 8.89. The van der Waals surface area contributed by atoms with Crippen molar-refractivity contribution < 1.29 is 49.3 Å². The summed E-state index contributed by atoms with van der Waals surface area (Å²) in [5.41, 5.74) is -2.64. The Kier molecular flexibility index (Phi) is 6.31. The molecule has 0 spiro atoms. The highest BCUT2D eigenvalue weighted by molar-refractivity contribution is 6.31. The van der Waals surface area contributed by atoms with Crippen molar-refractivity contribution in [3.05, 3.63) is 51.1 Å². The van der Waals surface area contributed by atoms with Gasteiger partial charge < -0.3 is 44.6 Å². The Morgan fingerprint density at radius 1 is 1.07 bits per heavy atom. The Bertz CT molecular complexity index is 1480. The molecule has 2 aromatic rings. The number of nitrogens with zero attached hydrogens (tertiary/aromatic N) is 1. The SMILES string of the molecule is CCCO[C@H]1CC(C)(O)Cc2cc3c(c(O)c21)C(=O)c1c(O)cc2c(c1C3=O)O[C@H]1O[C@]2(C)[C@H](O)[C@H](N(C)C)[C@@H]1O. The third-order valence-electron chi connectivity index (χ3n) is 8.89. The van der Waals surface area contributed by atoms with Gasteiger partial charge in [-0.3, -0.25) is 9.59 Å². The van der Waals surface area contributed by atoms with E-state index in [2.05, 4.69) is 0 Å². The number of likely N-dealkylation sites (N-methyl/N-ethyl adjacent to an activating group) is 1. The number of ether oxygens (including phenoxy) is 3. The predicted octanol–water partition coefficient (Wildman–Crippen LogP) is 1.65. The minimum absolute atomic E-state index is 0.0794. The van der Waals surface area contributed by atoms with Gasteiger partial charge >= 0.3 is 0 Å². The van der Waals surface area contributed by atoms with E-state index in [4.69, 9.17) is 14.2 Å². The van der Waals surface area contributed by atoms with Crippen molar-refractivity contribution in [2.24, 2.45) is 0 Å². The highest BCUT2D eigenvalue weighted by atomic mass is 16.7. The molecule has 0 radical (unpaired) electrons. The molecule has 11 nitrogen and oxygen atoms in total. The number of aliphatic hydroxyl groups excluding tert-OH is 2. The molecule has 4 aliphatic rings. The Morgan fingerprint density at radius 2 is 1.78 bits per heavy atom. The van der Waals surface area contributed by atoms with Gasteiger partial charge in [-0.25, -0.2) is 0 Å². The number of carbonyl (C=O) groups is 2. The van der Waals surface area contributed by atoms with Gasteiger partial charge in [-0.15, -0.1) is 0 Å². The van der Waals surface area contributed by atoms with Gasteiger partial charge in [0.1, 0.15) is 35.1 Å². The Morgan fingerprint density at radius 3 is 2.44 bits per heavy atom. The van der Waals surface area contributed by atoms with Crippen LogP contribution in [-0.4, -0.2) is 92.8 Å². The molecule has 0 amide bonds. The van der Waals surface area contributed by atoms with Crippen LogP contribution in [-0.2, 0) is 21.5 Å². The molecule has 2 heterocycles. The number of aromatic hydroxyl groups is 2. The monoisotopic (exact) mass is 569 g/mol. The molecule has 2 aliphatic heterocycles. The lowest BCUT2D eigenvalue weighted by Gasteiger charge is -2.53. The average Bonchev–Trinajstić information content (AvgIpc) is 2.88. The number of carbonyl (C=O) groups excluding carboxylic acids is 2. The summed E-state index contributed by atoms with van der Waals surface area (Å²) in [6.45, 7) is 5.52. The summed E-state index contributed by atoms with van der Waals surface area (Å²) in [5.74, 6) is -2.49. The molecule has 1 fully saturated rings. The Labute approximate surface area is 236 Å². The van der Waals surface area contributed by atoms with Crippen LogP contribution in [0.15, 0.2) is 12.1 Å². The van der Waals surface area contributed by atoms with E-state index in [0.717, 1.165) is 0 Å². The molecule has 41 heavy (non-hydrogen) atoms. The van der Waals surface area contributed by atoms with Gasteiger partial charge in [-0.05, 0) is 52.1 Å². The number of hydrogen-bond acceptors (Lipinski definition) is 11. The quantitative estimate of drug-likeness (QED) is 0.310. The van der Waals surface area contributed by atoms with Crippen molar-refractivity contribution in [3.63, 3.8) is 0 Å². The van der Waals surface area contributed by atoms with Crippen LogP contribution in [0.4, 0.5) is 0 Å².